The normalized spacial score (nSPS) is 10.6. The van der Waals surface area contributed by atoms with E-state index >= 15 is 0 Å². The van der Waals surface area contributed by atoms with E-state index in [2.05, 4.69) is 16.3 Å². The minimum atomic E-state index is 0.508. The predicted octanol–water partition coefficient (Wildman–Crippen LogP) is 5.76. The average Bonchev–Trinajstić information content (AvgIpc) is 3.22. The Kier molecular flexibility index (Phi) is 6.03. The summed E-state index contributed by atoms with van der Waals surface area (Å²) in [5.74, 6) is 1.92. The van der Waals surface area contributed by atoms with E-state index in [0.717, 1.165) is 16.8 Å². The van der Waals surface area contributed by atoms with Crippen molar-refractivity contribution in [3.63, 3.8) is 0 Å². The first-order valence-corrected chi connectivity index (χ1v) is 10.5. The number of nitrogens with zero attached hydrogens (tertiary/aromatic N) is 4. The van der Waals surface area contributed by atoms with Gasteiger partial charge in [0, 0.05) is 11.3 Å². The van der Waals surface area contributed by atoms with Crippen LogP contribution >= 0.6 is 23.4 Å². The lowest BCUT2D eigenvalue weighted by Gasteiger charge is -2.12. The quantitative estimate of drug-likeness (QED) is 0.362. The van der Waals surface area contributed by atoms with Crippen molar-refractivity contribution in [1.82, 2.24) is 14.8 Å². The molecule has 5 nitrogen and oxygen atoms in total. The van der Waals surface area contributed by atoms with E-state index in [9.17, 15) is 5.26 Å². The molecule has 0 N–H and O–H groups in total. The van der Waals surface area contributed by atoms with Crippen LogP contribution in [0.25, 0.3) is 17.1 Å². The zero-order valence-corrected chi connectivity index (χ0v) is 17.7. The SMILES string of the molecule is COc1ccc(-n2c(SCc3ccccc3C#N)nnc2-c2ccccc2)cc1Cl. The van der Waals surface area contributed by atoms with Gasteiger partial charge in [-0.05, 0) is 29.8 Å². The van der Waals surface area contributed by atoms with Crippen molar-refractivity contribution in [2.75, 3.05) is 7.11 Å². The maximum absolute atomic E-state index is 9.36. The van der Waals surface area contributed by atoms with Crippen LogP contribution in [0.5, 0.6) is 5.75 Å². The van der Waals surface area contributed by atoms with Gasteiger partial charge in [-0.25, -0.2) is 0 Å². The van der Waals surface area contributed by atoms with Crippen LogP contribution in [0.15, 0.2) is 78.0 Å². The second-order valence-corrected chi connectivity index (χ2v) is 7.73. The van der Waals surface area contributed by atoms with E-state index in [1.165, 1.54) is 11.8 Å². The molecule has 148 valence electrons. The number of aromatic nitrogens is 3. The summed E-state index contributed by atoms with van der Waals surface area (Å²) in [6.07, 6.45) is 0. The Morgan fingerprint density at radius 3 is 2.53 bits per heavy atom. The molecular formula is C23H17ClN4OS. The Bertz CT molecular complexity index is 1220. The Morgan fingerprint density at radius 1 is 1.03 bits per heavy atom. The number of rotatable bonds is 6. The smallest absolute Gasteiger partial charge is 0.196 e. The minimum absolute atomic E-state index is 0.508. The zero-order valence-electron chi connectivity index (χ0n) is 16.1. The standard InChI is InChI=1S/C23H17ClN4OS/c1-29-21-12-11-19(13-20(21)24)28-22(16-7-3-2-4-8-16)26-27-23(28)30-15-18-10-6-5-9-17(18)14-25/h2-13H,15H2,1H3. The molecule has 0 fully saturated rings. The molecular weight excluding hydrogens is 416 g/mol. The van der Waals surface area contributed by atoms with Gasteiger partial charge in [0.05, 0.1) is 29.5 Å². The summed E-state index contributed by atoms with van der Waals surface area (Å²) in [6.45, 7) is 0. The van der Waals surface area contributed by atoms with Gasteiger partial charge in [0.25, 0.3) is 0 Å². The fourth-order valence-corrected chi connectivity index (χ4v) is 4.27. The van der Waals surface area contributed by atoms with Crippen LogP contribution < -0.4 is 4.74 Å². The summed E-state index contributed by atoms with van der Waals surface area (Å²) < 4.78 is 7.26. The summed E-state index contributed by atoms with van der Waals surface area (Å²) in [5.41, 5.74) is 3.39. The van der Waals surface area contributed by atoms with Crippen molar-refractivity contribution in [3.05, 3.63) is 88.9 Å². The number of hydrogen-bond donors (Lipinski definition) is 0. The van der Waals surface area contributed by atoms with E-state index in [-0.39, 0.29) is 0 Å². The molecule has 0 aliphatic heterocycles. The number of thioether (sulfide) groups is 1. The van der Waals surface area contributed by atoms with Gasteiger partial charge in [0.1, 0.15) is 5.75 Å². The van der Waals surface area contributed by atoms with Crippen LogP contribution in [0.3, 0.4) is 0 Å². The van der Waals surface area contributed by atoms with Crippen molar-refractivity contribution in [3.8, 4) is 28.9 Å². The highest BCUT2D eigenvalue weighted by molar-refractivity contribution is 7.98. The van der Waals surface area contributed by atoms with Crippen LogP contribution in [0, 0.1) is 11.3 Å². The van der Waals surface area contributed by atoms with Gasteiger partial charge < -0.3 is 4.74 Å². The molecule has 4 rings (SSSR count). The van der Waals surface area contributed by atoms with Gasteiger partial charge in [-0.15, -0.1) is 10.2 Å². The van der Waals surface area contributed by atoms with Crippen LogP contribution in [-0.4, -0.2) is 21.9 Å². The van der Waals surface area contributed by atoms with E-state index in [4.69, 9.17) is 16.3 Å². The first kappa shape index (κ1) is 20.0. The molecule has 0 atom stereocenters. The number of ether oxygens (including phenoxy) is 1. The summed E-state index contributed by atoms with van der Waals surface area (Å²) in [6, 6.07) is 25.3. The molecule has 0 aliphatic carbocycles. The van der Waals surface area contributed by atoms with E-state index < -0.39 is 0 Å². The highest BCUT2D eigenvalue weighted by Crippen LogP contribution is 2.33. The topological polar surface area (TPSA) is 63.7 Å². The second kappa shape index (κ2) is 9.04. The summed E-state index contributed by atoms with van der Waals surface area (Å²) in [5, 5.41) is 19.5. The van der Waals surface area contributed by atoms with Gasteiger partial charge in [0.2, 0.25) is 0 Å². The maximum atomic E-state index is 9.36. The van der Waals surface area contributed by atoms with Crippen molar-refractivity contribution >= 4 is 23.4 Å². The van der Waals surface area contributed by atoms with Crippen LogP contribution in [0.4, 0.5) is 0 Å². The fraction of sp³-hybridized carbons (Fsp3) is 0.0870. The molecule has 3 aromatic carbocycles. The van der Waals surface area contributed by atoms with Gasteiger partial charge in [-0.1, -0.05) is 71.9 Å². The van der Waals surface area contributed by atoms with Crippen LogP contribution in [0.1, 0.15) is 11.1 Å². The first-order chi connectivity index (χ1) is 14.7. The van der Waals surface area contributed by atoms with Crippen LogP contribution in [0.2, 0.25) is 5.02 Å². The lowest BCUT2D eigenvalue weighted by molar-refractivity contribution is 0.415. The third-order valence-electron chi connectivity index (χ3n) is 4.55. The van der Waals surface area contributed by atoms with Gasteiger partial charge in [0.15, 0.2) is 11.0 Å². The molecule has 0 radical (unpaired) electrons. The number of hydrogen-bond acceptors (Lipinski definition) is 5. The largest absolute Gasteiger partial charge is 0.495 e. The Labute approximate surface area is 183 Å². The van der Waals surface area contributed by atoms with Crippen molar-refractivity contribution in [2.45, 2.75) is 10.9 Å². The molecule has 1 aromatic heterocycles. The molecule has 0 saturated carbocycles. The second-order valence-electron chi connectivity index (χ2n) is 6.38. The third kappa shape index (κ3) is 4.04. The molecule has 0 aliphatic rings. The molecule has 0 spiro atoms. The number of methoxy groups -OCH3 is 1. The summed E-state index contributed by atoms with van der Waals surface area (Å²) in [7, 11) is 1.59. The molecule has 0 amide bonds. The van der Waals surface area contributed by atoms with Crippen molar-refractivity contribution in [1.29, 1.82) is 5.26 Å². The maximum Gasteiger partial charge on any atom is 0.196 e. The zero-order chi connectivity index (χ0) is 20.9. The highest BCUT2D eigenvalue weighted by Gasteiger charge is 2.17. The summed E-state index contributed by atoms with van der Waals surface area (Å²) >= 11 is 7.91. The molecule has 0 unspecified atom stereocenters. The molecule has 0 bridgehead atoms. The average molecular weight is 433 g/mol. The molecule has 4 aromatic rings. The molecule has 1 heterocycles. The van der Waals surface area contributed by atoms with E-state index in [1.807, 2.05) is 77.4 Å². The number of benzene rings is 3. The first-order valence-electron chi connectivity index (χ1n) is 9.17. The lowest BCUT2D eigenvalue weighted by atomic mass is 10.1. The highest BCUT2D eigenvalue weighted by atomic mass is 35.5. The predicted molar refractivity (Wildman–Crippen MR) is 119 cm³/mol. The molecule has 0 saturated heterocycles. The third-order valence-corrected chi connectivity index (χ3v) is 5.83. The Morgan fingerprint density at radius 2 is 1.80 bits per heavy atom. The number of nitriles is 1. The van der Waals surface area contributed by atoms with Gasteiger partial charge in [-0.3, -0.25) is 4.57 Å². The minimum Gasteiger partial charge on any atom is -0.495 e. The summed E-state index contributed by atoms with van der Waals surface area (Å²) in [4.78, 5) is 0. The van der Waals surface area contributed by atoms with Crippen molar-refractivity contribution in [2.24, 2.45) is 0 Å². The molecule has 30 heavy (non-hydrogen) atoms. The van der Waals surface area contributed by atoms with Crippen molar-refractivity contribution < 1.29 is 4.74 Å². The Balaban J connectivity index is 1.77. The van der Waals surface area contributed by atoms with Gasteiger partial charge >= 0.3 is 0 Å². The van der Waals surface area contributed by atoms with Crippen LogP contribution in [-0.2, 0) is 5.75 Å². The Hall–Kier alpha value is -3.27. The van der Waals surface area contributed by atoms with E-state index in [0.29, 0.717) is 33.1 Å². The monoisotopic (exact) mass is 432 g/mol. The molecule has 7 heteroatoms. The fourth-order valence-electron chi connectivity index (χ4n) is 3.06. The number of halogens is 1. The lowest BCUT2D eigenvalue weighted by Crippen LogP contribution is -2.00. The van der Waals surface area contributed by atoms with Gasteiger partial charge in [-0.2, -0.15) is 5.26 Å². The van der Waals surface area contributed by atoms with E-state index in [1.54, 1.807) is 7.11 Å².